The van der Waals surface area contributed by atoms with Crippen molar-refractivity contribution in [3.8, 4) is 51.3 Å². The minimum Gasteiger partial charge on any atom is -0.309 e. The zero-order chi connectivity index (χ0) is 42.3. The zero-order valence-corrected chi connectivity index (χ0v) is 33.6. The minimum atomic E-state index is -4.70. The fraction of sp³-hybridized carbons (Fsp3) is 0.122. The maximum atomic E-state index is 15.3. The van der Waals surface area contributed by atoms with Crippen molar-refractivity contribution in [3.05, 3.63) is 155 Å². The number of aromatic nitrogens is 8. The lowest BCUT2D eigenvalue weighted by Crippen LogP contribution is -2.10. The Balaban J connectivity index is 1.34. The van der Waals surface area contributed by atoms with Crippen LogP contribution in [0, 0.1) is 45.9 Å². The molecule has 0 saturated heterocycles. The third kappa shape index (κ3) is 6.16. The number of benzene rings is 6. The van der Waals surface area contributed by atoms with Gasteiger partial charge in [0.15, 0.2) is 11.6 Å². The number of alkyl halides is 3. The SMILES string of the molecule is Cc1nc(C)nc(-c2ccc3c4ccccc4n(-c4cc(-c5c(C)cccc5C(F)(F)F)c(-n5c6ccccc6c6ccc(-c7nc(C)nc(C)n7)cc65)cc4C#N)c3c2)n1. The molecule has 0 aliphatic carbocycles. The first-order valence-corrected chi connectivity index (χ1v) is 19.6. The molecule has 10 rings (SSSR count). The van der Waals surface area contributed by atoms with E-state index in [9.17, 15) is 5.26 Å². The summed E-state index contributed by atoms with van der Waals surface area (Å²) in [5.74, 6) is 3.24. The van der Waals surface area contributed by atoms with E-state index >= 15 is 13.2 Å². The molecule has 0 bridgehead atoms. The summed E-state index contributed by atoms with van der Waals surface area (Å²) in [5, 5.41) is 14.7. The molecule has 0 atom stereocenters. The Morgan fingerprint density at radius 3 is 1.46 bits per heavy atom. The average Bonchev–Trinajstić information content (AvgIpc) is 3.74. The van der Waals surface area contributed by atoms with Crippen LogP contribution in [0.1, 0.15) is 40.0 Å². The summed E-state index contributed by atoms with van der Waals surface area (Å²) in [6.45, 7) is 8.91. The van der Waals surface area contributed by atoms with Crippen molar-refractivity contribution in [2.45, 2.75) is 40.8 Å². The first kappa shape index (κ1) is 37.5. The van der Waals surface area contributed by atoms with E-state index in [1.807, 2.05) is 108 Å². The quantitative estimate of drug-likeness (QED) is 0.170. The number of fused-ring (bicyclic) bond motifs is 6. The summed E-state index contributed by atoms with van der Waals surface area (Å²) in [6.07, 6.45) is -4.70. The molecule has 61 heavy (non-hydrogen) atoms. The third-order valence-electron chi connectivity index (χ3n) is 11.1. The first-order chi connectivity index (χ1) is 29.4. The predicted molar refractivity (Wildman–Crippen MR) is 232 cm³/mol. The number of aryl methyl sites for hydroxylation is 5. The third-order valence-corrected chi connectivity index (χ3v) is 11.1. The molecule has 0 amide bonds. The van der Waals surface area contributed by atoms with Gasteiger partial charge in [0, 0.05) is 38.2 Å². The van der Waals surface area contributed by atoms with Crippen LogP contribution in [0.5, 0.6) is 0 Å². The van der Waals surface area contributed by atoms with Crippen molar-refractivity contribution in [3.63, 3.8) is 0 Å². The topological polar surface area (TPSA) is 111 Å². The van der Waals surface area contributed by atoms with E-state index in [1.165, 1.54) is 6.07 Å². The van der Waals surface area contributed by atoms with Gasteiger partial charge in [-0.25, -0.2) is 29.9 Å². The van der Waals surface area contributed by atoms with Gasteiger partial charge in [0.25, 0.3) is 0 Å². The van der Waals surface area contributed by atoms with Crippen LogP contribution in [0.25, 0.3) is 88.9 Å². The van der Waals surface area contributed by atoms with Crippen molar-refractivity contribution < 1.29 is 13.2 Å². The number of para-hydroxylation sites is 2. The minimum absolute atomic E-state index is 0.0131. The lowest BCUT2D eigenvalue weighted by atomic mass is 9.91. The van der Waals surface area contributed by atoms with E-state index in [4.69, 9.17) is 0 Å². The molecule has 0 radical (unpaired) electrons. The van der Waals surface area contributed by atoms with Crippen LogP contribution in [0.4, 0.5) is 13.2 Å². The first-order valence-electron chi connectivity index (χ1n) is 19.6. The van der Waals surface area contributed by atoms with Gasteiger partial charge in [-0.2, -0.15) is 18.4 Å². The van der Waals surface area contributed by atoms with Gasteiger partial charge in [-0.15, -0.1) is 0 Å². The van der Waals surface area contributed by atoms with Crippen LogP contribution in [0.15, 0.2) is 115 Å². The molecule has 0 N–H and O–H groups in total. The highest BCUT2D eigenvalue weighted by atomic mass is 19.4. The van der Waals surface area contributed by atoms with Crippen molar-refractivity contribution >= 4 is 43.6 Å². The van der Waals surface area contributed by atoms with E-state index in [2.05, 4.69) is 36.0 Å². The number of hydrogen-bond acceptors (Lipinski definition) is 7. The zero-order valence-electron chi connectivity index (χ0n) is 33.6. The number of nitriles is 1. The van der Waals surface area contributed by atoms with Crippen LogP contribution in [-0.2, 0) is 6.18 Å². The van der Waals surface area contributed by atoms with Gasteiger partial charge in [0.1, 0.15) is 29.4 Å². The molecular weight excluding hydrogens is 772 g/mol. The standard InChI is InChI=1S/C49H34F3N9/c1-26-11-10-14-39(49(50,51)52)46(26)38-24-42(60-40-15-8-6-12-34(40)36-19-17-31(21-43(36)60)47-56-27(2)54-28(3)57-47)33(25-53)23-45(38)61-41-16-9-7-13-35(41)37-20-18-32(22-44(37)61)48-58-29(4)55-30(5)59-48/h6-24H,1-5H3. The molecule has 0 unspecified atom stereocenters. The Kier molecular flexibility index (Phi) is 8.55. The average molecular weight is 806 g/mol. The molecule has 9 nitrogen and oxygen atoms in total. The Morgan fingerprint density at radius 2 is 0.967 bits per heavy atom. The fourth-order valence-electron chi connectivity index (χ4n) is 8.73. The van der Waals surface area contributed by atoms with Crippen LogP contribution in [0.2, 0.25) is 0 Å². The van der Waals surface area contributed by atoms with Crippen LogP contribution in [-0.4, -0.2) is 39.0 Å². The van der Waals surface area contributed by atoms with E-state index < -0.39 is 11.7 Å². The van der Waals surface area contributed by atoms with Crippen LogP contribution in [0.3, 0.4) is 0 Å². The maximum Gasteiger partial charge on any atom is 0.417 e. The Hall–Kier alpha value is -7.78. The second-order valence-electron chi connectivity index (χ2n) is 15.2. The number of hydrogen-bond donors (Lipinski definition) is 0. The fourth-order valence-corrected chi connectivity index (χ4v) is 8.73. The number of rotatable bonds is 5. The van der Waals surface area contributed by atoms with E-state index in [-0.39, 0.29) is 11.1 Å². The Labute approximate surface area is 347 Å². The lowest BCUT2D eigenvalue weighted by Gasteiger charge is -2.22. The van der Waals surface area contributed by atoms with Gasteiger partial charge in [0.2, 0.25) is 0 Å². The van der Waals surface area contributed by atoms with Gasteiger partial charge < -0.3 is 9.13 Å². The normalized spacial score (nSPS) is 11.9. The molecule has 4 heterocycles. The molecule has 0 spiro atoms. The maximum absolute atomic E-state index is 15.3. The van der Waals surface area contributed by atoms with E-state index in [0.717, 1.165) is 49.7 Å². The van der Waals surface area contributed by atoms with Gasteiger partial charge >= 0.3 is 6.18 Å². The summed E-state index contributed by atoms with van der Waals surface area (Å²) in [6, 6.07) is 37.5. The molecule has 4 aromatic heterocycles. The molecular formula is C49H34F3N9. The van der Waals surface area contributed by atoms with Crippen molar-refractivity contribution in [1.82, 2.24) is 39.0 Å². The van der Waals surface area contributed by atoms with Crippen molar-refractivity contribution in [2.24, 2.45) is 0 Å². The van der Waals surface area contributed by atoms with E-state index in [0.29, 0.717) is 68.5 Å². The monoisotopic (exact) mass is 805 g/mol. The number of halogens is 3. The highest BCUT2D eigenvalue weighted by Gasteiger charge is 2.36. The molecule has 12 heteroatoms. The highest BCUT2D eigenvalue weighted by Crippen LogP contribution is 2.46. The van der Waals surface area contributed by atoms with Gasteiger partial charge in [-0.05, 0) is 88.2 Å². The van der Waals surface area contributed by atoms with Gasteiger partial charge in [0.05, 0.1) is 44.6 Å². The second-order valence-corrected chi connectivity index (χ2v) is 15.2. The van der Waals surface area contributed by atoms with Crippen molar-refractivity contribution in [2.75, 3.05) is 0 Å². The summed E-state index contributed by atoms with van der Waals surface area (Å²) in [4.78, 5) is 27.2. The lowest BCUT2D eigenvalue weighted by molar-refractivity contribution is -0.137. The molecule has 0 aliphatic rings. The molecule has 0 saturated carbocycles. The Bertz CT molecular complexity index is 3460. The summed E-state index contributed by atoms with van der Waals surface area (Å²) >= 11 is 0. The summed E-state index contributed by atoms with van der Waals surface area (Å²) < 4.78 is 49.8. The van der Waals surface area contributed by atoms with Crippen LogP contribution >= 0.6 is 0 Å². The largest absolute Gasteiger partial charge is 0.417 e. The van der Waals surface area contributed by atoms with E-state index in [1.54, 1.807) is 39.0 Å². The molecule has 10 aromatic rings. The summed E-state index contributed by atoms with van der Waals surface area (Å²) in [7, 11) is 0. The predicted octanol–water partition coefficient (Wildman–Crippen LogP) is 11.7. The molecule has 0 fully saturated rings. The number of nitrogens with zero attached hydrogens (tertiary/aromatic N) is 9. The van der Waals surface area contributed by atoms with Crippen molar-refractivity contribution in [1.29, 1.82) is 5.26 Å². The smallest absolute Gasteiger partial charge is 0.309 e. The van der Waals surface area contributed by atoms with Gasteiger partial charge in [-0.1, -0.05) is 72.8 Å². The molecule has 0 aliphatic heterocycles. The van der Waals surface area contributed by atoms with Gasteiger partial charge in [-0.3, -0.25) is 0 Å². The highest BCUT2D eigenvalue weighted by molar-refractivity contribution is 6.12. The second kappa shape index (κ2) is 13.9. The molecule has 296 valence electrons. The van der Waals surface area contributed by atoms with Crippen LogP contribution < -0.4 is 0 Å². The summed E-state index contributed by atoms with van der Waals surface area (Å²) in [5.41, 5.74) is 5.43. The Morgan fingerprint density at radius 1 is 0.492 bits per heavy atom. The molecule has 6 aromatic carbocycles.